The van der Waals surface area contributed by atoms with Gasteiger partial charge in [-0.2, -0.15) is 0 Å². The van der Waals surface area contributed by atoms with Crippen LogP contribution < -0.4 is 20.8 Å². The number of carbonyl (C=O) groups is 1. The van der Waals surface area contributed by atoms with Crippen molar-refractivity contribution in [3.63, 3.8) is 0 Å². The molecule has 1 aliphatic rings. The number of nitrogens with zero attached hydrogens (tertiary/aromatic N) is 1. The van der Waals surface area contributed by atoms with Gasteiger partial charge in [0.25, 0.3) is 5.91 Å². The number of aromatic nitrogens is 2. The second kappa shape index (κ2) is 7.46. The van der Waals surface area contributed by atoms with Crippen molar-refractivity contribution in [2.45, 2.75) is 0 Å². The molecule has 8 heteroatoms. The van der Waals surface area contributed by atoms with Crippen LogP contribution in [0.5, 0.6) is 0 Å². The third kappa shape index (κ3) is 4.15. The van der Waals surface area contributed by atoms with Crippen molar-refractivity contribution < 1.29 is 9.69 Å². The van der Waals surface area contributed by atoms with Crippen LogP contribution in [0.2, 0.25) is 5.02 Å². The lowest BCUT2D eigenvalue weighted by Crippen LogP contribution is -3.15. The van der Waals surface area contributed by atoms with Crippen molar-refractivity contribution in [1.29, 1.82) is 0 Å². The predicted molar refractivity (Wildman–Crippen MR) is 107 cm³/mol. The highest BCUT2D eigenvalue weighted by atomic mass is 35.5. The number of benzene rings is 2. The molecule has 2 aromatic carbocycles. The number of carbonyl (C=O) groups excluding carboxylic acids is 1. The Bertz CT molecular complexity index is 1020. The molecule has 0 bridgehead atoms. The molecule has 140 valence electrons. The van der Waals surface area contributed by atoms with E-state index in [-0.39, 0.29) is 11.6 Å². The Labute approximate surface area is 160 Å². The normalized spacial score (nSPS) is 15.2. The molecule has 2 heterocycles. The fourth-order valence-electron chi connectivity index (χ4n) is 3.47. The SMILES string of the molecule is O=C(C[NH+]1CCN(c2cccc(Cl)c2)CC1)Nc1ccc2[nH]c(=O)[nH]c2c1. The van der Waals surface area contributed by atoms with E-state index in [1.165, 1.54) is 4.90 Å². The van der Waals surface area contributed by atoms with Gasteiger partial charge in [0.2, 0.25) is 0 Å². The van der Waals surface area contributed by atoms with E-state index in [9.17, 15) is 9.59 Å². The van der Waals surface area contributed by atoms with Crippen LogP contribution >= 0.6 is 11.6 Å². The van der Waals surface area contributed by atoms with E-state index in [1.54, 1.807) is 18.2 Å². The Morgan fingerprint density at radius 1 is 1.11 bits per heavy atom. The highest BCUT2D eigenvalue weighted by molar-refractivity contribution is 6.30. The molecule has 0 radical (unpaired) electrons. The Kier molecular flexibility index (Phi) is 4.87. The zero-order valence-corrected chi connectivity index (χ0v) is 15.5. The van der Waals surface area contributed by atoms with Crippen LogP contribution in [0.15, 0.2) is 47.3 Å². The molecule has 0 aliphatic carbocycles. The van der Waals surface area contributed by atoms with Gasteiger partial charge in [0, 0.05) is 16.4 Å². The van der Waals surface area contributed by atoms with Crippen LogP contribution in [0, 0.1) is 0 Å². The molecule has 1 saturated heterocycles. The number of halogens is 1. The van der Waals surface area contributed by atoms with Gasteiger partial charge in [0.15, 0.2) is 6.54 Å². The zero-order valence-electron chi connectivity index (χ0n) is 14.7. The summed E-state index contributed by atoms with van der Waals surface area (Å²) in [5, 5.41) is 3.65. The van der Waals surface area contributed by atoms with Gasteiger partial charge in [-0.3, -0.25) is 4.79 Å². The average molecular weight is 387 g/mol. The molecule has 7 nitrogen and oxygen atoms in total. The molecule has 0 atom stereocenters. The maximum Gasteiger partial charge on any atom is 0.323 e. The van der Waals surface area contributed by atoms with Gasteiger partial charge in [0.1, 0.15) is 0 Å². The minimum Gasteiger partial charge on any atom is -0.360 e. The van der Waals surface area contributed by atoms with Crippen molar-refractivity contribution in [3.05, 3.63) is 58.0 Å². The molecule has 0 saturated carbocycles. The van der Waals surface area contributed by atoms with Gasteiger partial charge in [0.05, 0.1) is 37.2 Å². The molecule has 4 N–H and O–H groups in total. The number of nitrogens with one attached hydrogen (secondary N) is 4. The zero-order chi connectivity index (χ0) is 18.8. The molecule has 1 aliphatic heterocycles. The number of H-pyrrole nitrogens is 2. The summed E-state index contributed by atoms with van der Waals surface area (Å²) < 4.78 is 0. The standard InChI is InChI=1S/C19H20ClN5O2/c20-13-2-1-3-15(10-13)25-8-6-24(7-9-25)12-18(26)21-14-4-5-16-17(11-14)23-19(27)22-16/h1-5,10-11H,6-9,12H2,(H,21,26)(H2,22,23,27)/p+1. The lowest BCUT2D eigenvalue weighted by atomic mass is 10.2. The number of quaternary nitrogens is 1. The van der Waals surface area contributed by atoms with E-state index in [2.05, 4.69) is 26.3 Å². The number of aromatic amines is 2. The number of imidazole rings is 1. The van der Waals surface area contributed by atoms with Gasteiger partial charge in [-0.1, -0.05) is 17.7 Å². The van der Waals surface area contributed by atoms with Crippen molar-refractivity contribution in [3.8, 4) is 0 Å². The number of anilines is 2. The summed E-state index contributed by atoms with van der Waals surface area (Å²) in [7, 11) is 0. The van der Waals surface area contributed by atoms with Crippen molar-refractivity contribution in [2.24, 2.45) is 0 Å². The van der Waals surface area contributed by atoms with E-state index in [0.29, 0.717) is 17.7 Å². The Hall–Kier alpha value is -2.77. The van der Waals surface area contributed by atoms with Crippen LogP contribution in [0.1, 0.15) is 0 Å². The van der Waals surface area contributed by atoms with Crippen molar-refractivity contribution >= 4 is 39.9 Å². The number of amides is 1. The van der Waals surface area contributed by atoms with E-state index in [1.807, 2.05) is 18.2 Å². The first-order valence-electron chi connectivity index (χ1n) is 8.93. The summed E-state index contributed by atoms with van der Waals surface area (Å²) in [6.07, 6.45) is 0. The highest BCUT2D eigenvalue weighted by Crippen LogP contribution is 2.19. The largest absolute Gasteiger partial charge is 0.360 e. The number of fused-ring (bicyclic) bond motifs is 1. The topological polar surface area (TPSA) is 85.4 Å². The molecule has 4 rings (SSSR count). The number of rotatable bonds is 4. The van der Waals surface area contributed by atoms with Gasteiger partial charge in [-0.05, 0) is 36.4 Å². The summed E-state index contributed by atoms with van der Waals surface area (Å²) in [4.78, 5) is 32.6. The van der Waals surface area contributed by atoms with Crippen LogP contribution in [0.4, 0.5) is 11.4 Å². The second-order valence-electron chi connectivity index (χ2n) is 6.78. The first kappa shape index (κ1) is 17.6. The van der Waals surface area contributed by atoms with E-state index in [4.69, 9.17) is 11.6 Å². The van der Waals surface area contributed by atoms with Gasteiger partial charge in [-0.15, -0.1) is 0 Å². The second-order valence-corrected chi connectivity index (χ2v) is 7.22. The average Bonchev–Trinajstić information content (AvgIpc) is 3.01. The van der Waals surface area contributed by atoms with Gasteiger partial charge < -0.3 is 25.1 Å². The Morgan fingerprint density at radius 2 is 1.89 bits per heavy atom. The summed E-state index contributed by atoms with van der Waals surface area (Å²) in [5.74, 6) is -0.0292. The van der Waals surface area contributed by atoms with Crippen LogP contribution in [0.3, 0.4) is 0 Å². The number of hydrogen-bond donors (Lipinski definition) is 4. The fraction of sp³-hybridized carbons (Fsp3) is 0.263. The summed E-state index contributed by atoms with van der Waals surface area (Å²) in [5.41, 5.74) is 2.95. The Balaban J connectivity index is 1.31. The maximum atomic E-state index is 12.4. The number of hydrogen-bond acceptors (Lipinski definition) is 3. The maximum absolute atomic E-state index is 12.4. The van der Waals surface area contributed by atoms with Crippen molar-refractivity contribution in [1.82, 2.24) is 9.97 Å². The van der Waals surface area contributed by atoms with Gasteiger partial charge >= 0.3 is 5.69 Å². The molecule has 0 spiro atoms. The molecule has 27 heavy (non-hydrogen) atoms. The Morgan fingerprint density at radius 3 is 2.67 bits per heavy atom. The smallest absolute Gasteiger partial charge is 0.323 e. The molecule has 3 aromatic rings. The molecule has 1 amide bonds. The summed E-state index contributed by atoms with van der Waals surface area (Å²) >= 11 is 6.07. The lowest BCUT2D eigenvalue weighted by Gasteiger charge is -2.33. The molecule has 1 fully saturated rings. The van der Waals surface area contributed by atoms with E-state index < -0.39 is 0 Å². The number of piperazine rings is 1. The highest BCUT2D eigenvalue weighted by Gasteiger charge is 2.22. The van der Waals surface area contributed by atoms with Crippen LogP contribution in [-0.4, -0.2) is 48.6 Å². The third-order valence-corrected chi connectivity index (χ3v) is 5.09. The van der Waals surface area contributed by atoms with E-state index in [0.717, 1.165) is 42.4 Å². The monoisotopic (exact) mass is 386 g/mol. The lowest BCUT2D eigenvalue weighted by molar-refractivity contribution is -0.892. The first-order valence-corrected chi connectivity index (χ1v) is 9.30. The first-order chi connectivity index (χ1) is 13.1. The molecular formula is C19H21ClN5O2+. The van der Waals surface area contributed by atoms with Crippen LogP contribution in [-0.2, 0) is 4.79 Å². The fourth-order valence-corrected chi connectivity index (χ4v) is 3.66. The molecular weight excluding hydrogens is 366 g/mol. The summed E-state index contributed by atoms with van der Waals surface area (Å²) in [6.45, 7) is 3.98. The van der Waals surface area contributed by atoms with Gasteiger partial charge in [-0.25, -0.2) is 4.79 Å². The predicted octanol–water partition coefficient (Wildman–Crippen LogP) is 0.853. The van der Waals surface area contributed by atoms with E-state index >= 15 is 0 Å². The van der Waals surface area contributed by atoms with Crippen LogP contribution in [0.25, 0.3) is 11.0 Å². The quantitative estimate of drug-likeness (QED) is 0.536. The molecule has 0 unspecified atom stereocenters. The third-order valence-electron chi connectivity index (χ3n) is 4.85. The summed E-state index contributed by atoms with van der Waals surface area (Å²) in [6, 6.07) is 13.2. The minimum atomic E-state index is -0.254. The minimum absolute atomic E-state index is 0.0292. The van der Waals surface area contributed by atoms with Crippen molar-refractivity contribution in [2.75, 3.05) is 42.9 Å². The molecule has 1 aromatic heterocycles.